The van der Waals surface area contributed by atoms with Gasteiger partial charge in [0, 0.05) is 18.1 Å². The van der Waals surface area contributed by atoms with Crippen LogP contribution < -0.4 is 10.6 Å². The fourth-order valence-corrected chi connectivity index (χ4v) is 2.57. The quantitative estimate of drug-likeness (QED) is 0.821. The number of alkyl halides is 3. The van der Waals surface area contributed by atoms with E-state index in [4.69, 9.17) is 17.3 Å². The standard InChI is InChI=1S/C12H11ClF3N5/c13-7-1-2-9(8(17)5-7)20-3-4-21-10(6-20)18-19-11(21)12(14,15)16/h1-2,5H,3-4,6,17H2. The Labute approximate surface area is 123 Å². The highest BCUT2D eigenvalue weighted by Gasteiger charge is 2.39. The zero-order valence-electron chi connectivity index (χ0n) is 10.7. The molecule has 0 bridgehead atoms. The number of nitrogens with zero attached hydrogens (tertiary/aromatic N) is 4. The van der Waals surface area contributed by atoms with Crippen molar-refractivity contribution in [3.05, 3.63) is 34.9 Å². The Kier molecular flexibility index (Phi) is 3.20. The zero-order valence-corrected chi connectivity index (χ0v) is 11.5. The van der Waals surface area contributed by atoms with Gasteiger partial charge in [0.25, 0.3) is 0 Å². The first-order chi connectivity index (χ1) is 9.86. The third-order valence-electron chi connectivity index (χ3n) is 3.34. The monoisotopic (exact) mass is 317 g/mol. The van der Waals surface area contributed by atoms with Gasteiger partial charge in [-0.25, -0.2) is 0 Å². The molecule has 9 heteroatoms. The molecule has 1 aliphatic heterocycles. The summed E-state index contributed by atoms with van der Waals surface area (Å²) in [6, 6.07) is 5.04. The van der Waals surface area contributed by atoms with Crippen molar-refractivity contribution in [1.29, 1.82) is 0 Å². The van der Waals surface area contributed by atoms with Crippen LogP contribution in [0.25, 0.3) is 0 Å². The van der Waals surface area contributed by atoms with Gasteiger partial charge in [0.1, 0.15) is 0 Å². The molecule has 2 N–H and O–H groups in total. The van der Waals surface area contributed by atoms with Gasteiger partial charge >= 0.3 is 6.18 Å². The average Bonchev–Trinajstić information content (AvgIpc) is 2.81. The maximum absolute atomic E-state index is 12.8. The molecule has 0 amide bonds. The normalized spacial score (nSPS) is 15.1. The number of fused-ring (bicyclic) bond motifs is 1. The summed E-state index contributed by atoms with van der Waals surface area (Å²) in [6.45, 7) is 0.758. The van der Waals surface area contributed by atoms with E-state index in [2.05, 4.69) is 10.2 Å². The Morgan fingerprint density at radius 3 is 2.62 bits per heavy atom. The summed E-state index contributed by atoms with van der Waals surface area (Å²) < 4.78 is 39.4. The molecule has 0 spiro atoms. The number of rotatable bonds is 1. The fourth-order valence-electron chi connectivity index (χ4n) is 2.39. The Hall–Kier alpha value is -1.96. The number of anilines is 2. The average molecular weight is 318 g/mol. The van der Waals surface area contributed by atoms with Crippen molar-refractivity contribution in [2.75, 3.05) is 17.2 Å². The van der Waals surface area contributed by atoms with Crippen molar-refractivity contribution in [1.82, 2.24) is 14.8 Å². The van der Waals surface area contributed by atoms with E-state index in [0.717, 1.165) is 10.3 Å². The molecular formula is C12H11ClF3N5. The smallest absolute Gasteiger partial charge is 0.397 e. The Morgan fingerprint density at radius 1 is 1.19 bits per heavy atom. The fraction of sp³-hybridized carbons (Fsp3) is 0.333. The summed E-state index contributed by atoms with van der Waals surface area (Å²) in [6.07, 6.45) is -4.49. The summed E-state index contributed by atoms with van der Waals surface area (Å²) >= 11 is 5.84. The van der Waals surface area contributed by atoms with Gasteiger partial charge in [-0.1, -0.05) is 11.6 Å². The van der Waals surface area contributed by atoms with Crippen LogP contribution in [0.1, 0.15) is 11.6 Å². The molecule has 0 fully saturated rings. The molecule has 112 valence electrons. The lowest BCUT2D eigenvalue weighted by molar-refractivity contribution is -0.147. The molecular weight excluding hydrogens is 307 g/mol. The van der Waals surface area contributed by atoms with E-state index < -0.39 is 12.0 Å². The van der Waals surface area contributed by atoms with Crippen molar-refractivity contribution in [2.24, 2.45) is 0 Å². The predicted octanol–water partition coefficient (Wildman–Crippen LogP) is 2.55. The lowest BCUT2D eigenvalue weighted by Gasteiger charge is -2.30. The summed E-state index contributed by atoms with van der Waals surface area (Å²) in [5.41, 5.74) is 7.10. The van der Waals surface area contributed by atoms with E-state index in [-0.39, 0.29) is 18.9 Å². The van der Waals surface area contributed by atoms with Crippen LogP contribution in [0.2, 0.25) is 5.02 Å². The van der Waals surface area contributed by atoms with Gasteiger partial charge in [0.2, 0.25) is 5.82 Å². The second kappa shape index (κ2) is 4.80. The lowest BCUT2D eigenvalue weighted by Crippen LogP contribution is -2.35. The first-order valence-corrected chi connectivity index (χ1v) is 6.53. The topological polar surface area (TPSA) is 60.0 Å². The number of hydrogen-bond donors (Lipinski definition) is 1. The number of aromatic nitrogens is 3. The molecule has 1 aliphatic rings. The highest BCUT2D eigenvalue weighted by atomic mass is 35.5. The van der Waals surface area contributed by atoms with Gasteiger partial charge in [0.05, 0.1) is 17.9 Å². The Morgan fingerprint density at radius 2 is 1.95 bits per heavy atom. The van der Waals surface area contributed by atoms with E-state index in [0.29, 0.717) is 17.3 Å². The summed E-state index contributed by atoms with van der Waals surface area (Å²) in [7, 11) is 0. The second-order valence-electron chi connectivity index (χ2n) is 4.71. The molecule has 0 aliphatic carbocycles. The minimum Gasteiger partial charge on any atom is -0.397 e. The Balaban J connectivity index is 1.90. The molecule has 2 heterocycles. The number of nitrogen functional groups attached to an aromatic ring is 1. The molecule has 0 saturated carbocycles. The van der Waals surface area contributed by atoms with Crippen LogP contribution in [-0.2, 0) is 19.3 Å². The molecule has 21 heavy (non-hydrogen) atoms. The van der Waals surface area contributed by atoms with Crippen LogP contribution in [0, 0.1) is 0 Å². The van der Waals surface area contributed by atoms with Gasteiger partial charge in [-0.2, -0.15) is 13.2 Å². The van der Waals surface area contributed by atoms with E-state index in [1.807, 2.05) is 4.90 Å². The third-order valence-corrected chi connectivity index (χ3v) is 3.57. The number of benzene rings is 1. The predicted molar refractivity (Wildman–Crippen MR) is 71.9 cm³/mol. The largest absolute Gasteiger partial charge is 0.451 e. The molecule has 5 nitrogen and oxygen atoms in total. The summed E-state index contributed by atoms with van der Waals surface area (Å²) in [5.74, 6) is -0.691. The molecule has 2 aromatic rings. The molecule has 0 unspecified atom stereocenters. The minimum absolute atomic E-state index is 0.152. The lowest BCUT2D eigenvalue weighted by atomic mass is 10.2. The van der Waals surface area contributed by atoms with E-state index in [9.17, 15) is 13.2 Å². The van der Waals surface area contributed by atoms with Crippen LogP contribution in [0.4, 0.5) is 24.5 Å². The first kappa shape index (κ1) is 14.0. The molecule has 0 radical (unpaired) electrons. The SMILES string of the molecule is Nc1cc(Cl)ccc1N1CCn2c(nnc2C(F)(F)F)C1. The van der Waals surface area contributed by atoms with Gasteiger partial charge in [-0.15, -0.1) is 10.2 Å². The van der Waals surface area contributed by atoms with Gasteiger partial charge in [0.15, 0.2) is 5.82 Å². The first-order valence-electron chi connectivity index (χ1n) is 6.15. The Bertz CT molecular complexity index is 682. The van der Waals surface area contributed by atoms with Crippen molar-refractivity contribution in [3.63, 3.8) is 0 Å². The van der Waals surface area contributed by atoms with Crippen molar-refractivity contribution >= 4 is 23.0 Å². The van der Waals surface area contributed by atoms with Crippen LogP contribution in [0.3, 0.4) is 0 Å². The van der Waals surface area contributed by atoms with E-state index in [1.165, 1.54) is 0 Å². The van der Waals surface area contributed by atoms with E-state index in [1.54, 1.807) is 18.2 Å². The molecule has 1 aromatic heterocycles. The highest BCUT2D eigenvalue weighted by molar-refractivity contribution is 6.31. The van der Waals surface area contributed by atoms with Crippen LogP contribution in [-0.4, -0.2) is 21.3 Å². The van der Waals surface area contributed by atoms with Crippen molar-refractivity contribution in [2.45, 2.75) is 19.3 Å². The maximum Gasteiger partial charge on any atom is 0.451 e. The van der Waals surface area contributed by atoms with Crippen LogP contribution >= 0.6 is 11.6 Å². The molecule has 0 saturated heterocycles. The zero-order chi connectivity index (χ0) is 15.2. The van der Waals surface area contributed by atoms with Crippen molar-refractivity contribution in [3.8, 4) is 0 Å². The van der Waals surface area contributed by atoms with Gasteiger partial charge in [-0.05, 0) is 18.2 Å². The highest BCUT2D eigenvalue weighted by Crippen LogP contribution is 2.32. The molecule has 1 aromatic carbocycles. The van der Waals surface area contributed by atoms with Crippen LogP contribution in [0.5, 0.6) is 0 Å². The minimum atomic E-state index is -4.49. The molecule has 3 rings (SSSR count). The summed E-state index contributed by atoms with van der Waals surface area (Å²) in [4.78, 5) is 1.86. The van der Waals surface area contributed by atoms with Gasteiger partial charge < -0.3 is 15.2 Å². The van der Waals surface area contributed by atoms with Crippen LogP contribution in [0.15, 0.2) is 18.2 Å². The maximum atomic E-state index is 12.8. The molecule has 0 atom stereocenters. The number of halogens is 4. The third kappa shape index (κ3) is 2.51. The summed E-state index contributed by atoms with van der Waals surface area (Å²) in [5, 5.41) is 7.38. The second-order valence-corrected chi connectivity index (χ2v) is 5.15. The van der Waals surface area contributed by atoms with Gasteiger partial charge in [-0.3, -0.25) is 0 Å². The number of nitrogens with two attached hydrogens (primary N) is 1. The van der Waals surface area contributed by atoms with Crippen molar-refractivity contribution < 1.29 is 13.2 Å². The van der Waals surface area contributed by atoms with E-state index >= 15 is 0 Å². The number of hydrogen-bond acceptors (Lipinski definition) is 4.